The van der Waals surface area contributed by atoms with Gasteiger partial charge in [-0.3, -0.25) is 14.4 Å². The lowest BCUT2D eigenvalue weighted by Crippen LogP contribution is -2.55. The number of aliphatic hydroxyl groups excluding tert-OH is 4. The van der Waals surface area contributed by atoms with Crippen LogP contribution in [0.15, 0.2) is 0 Å². The fourth-order valence-corrected chi connectivity index (χ4v) is 2.34. The van der Waals surface area contributed by atoms with Crippen LogP contribution in [-0.2, 0) is 14.4 Å². The summed E-state index contributed by atoms with van der Waals surface area (Å²) in [5, 5.41) is 42.9. The van der Waals surface area contributed by atoms with E-state index < -0.39 is 42.7 Å². The molecule has 0 bridgehead atoms. The van der Waals surface area contributed by atoms with Crippen LogP contribution < -0.4 is 16.4 Å². The van der Waals surface area contributed by atoms with Crippen LogP contribution in [0.4, 0.5) is 0 Å². The third-order valence-corrected chi connectivity index (χ3v) is 3.84. The van der Waals surface area contributed by atoms with Crippen molar-refractivity contribution in [2.75, 3.05) is 19.7 Å². The number of ketones is 1. The monoisotopic (exact) mass is 377 g/mol. The lowest BCUT2D eigenvalue weighted by molar-refractivity contribution is -0.136. The van der Waals surface area contributed by atoms with Gasteiger partial charge >= 0.3 is 0 Å². The Labute approximate surface area is 152 Å². The molecule has 8 N–H and O–H groups in total. The van der Waals surface area contributed by atoms with E-state index in [1.807, 2.05) is 0 Å². The SMILES string of the molecule is CC(=O)N[C@@H](C(=O)CCCCCCNC(=O)CN)[C@@H](O)[C@@H](O)[C@H](O)CO. The number of unbranched alkanes of at least 4 members (excludes halogenated alkanes) is 3. The molecule has 10 heteroatoms. The van der Waals surface area contributed by atoms with Crippen LogP contribution in [0.25, 0.3) is 0 Å². The summed E-state index contributed by atoms with van der Waals surface area (Å²) in [5.41, 5.74) is 5.16. The van der Waals surface area contributed by atoms with Gasteiger partial charge < -0.3 is 36.8 Å². The van der Waals surface area contributed by atoms with Gasteiger partial charge in [0.1, 0.15) is 24.4 Å². The largest absolute Gasteiger partial charge is 0.394 e. The Morgan fingerprint density at radius 1 is 1.00 bits per heavy atom. The number of nitrogens with one attached hydrogen (secondary N) is 2. The first-order valence-corrected chi connectivity index (χ1v) is 8.66. The standard InChI is InChI=1S/C16H31N3O7/c1-10(21)19-14(16(26)15(25)12(23)9-20)11(22)6-4-2-3-5-7-18-13(24)8-17/h12,14-16,20,23,25-26H,2-9,17H2,1H3,(H,18,24)(H,19,21)/t12-,14+,15+,16-/m1/s1. The van der Waals surface area contributed by atoms with Gasteiger partial charge in [-0.05, 0) is 12.8 Å². The zero-order valence-corrected chi connectivity index (χ0v) is 15.1. The molecule has 0 heterocycles. The number of carbonyl (C=O) groups excluding carboxylic acids is 3. The van der Waals surface area contributed by atoms with Gasteiger partial charge in [0, 0.05) is 19.9 Å². The van der Waals surface area contributed by atoms with E-state index in [1.165, 1.54) is 0 Å². The van der Waals surface area contributed by atoms with E-state index in [4.69, 9.17) is 10.8 Å². The van der Waals surface area contributed by atoms with E-state index in [9.17, 15) is 29.7 Å². The van der Waals surface area contributed by atoms with Crippen LogP contribution in [0, 0.1) is 0 Å². The van der Waals surface area contributed by atoms with Crippen LogP contribution in [0.5, 0.6) is 0 Å². The Hall–Kier alpha value is -1.59. The molecular weight excluding hydrogens is 346 g/mol. The minimum absolute atomic E-state index is 0.0573. The van der Waals surface area contributed by atoms with E-state index in [1.54, 1.807) is 0 Å². The Balaban J connectivity index is 4.35. The van der Waals surface area contributed by atoms with Gasteiger partial charge in [0.15, 0.2) is 5.78 Å². The molecule has 0 aliphatic heterocycles. The van der Waals surface area contributed by atoms with Crippen molar-refractivity contribution in [3.8, 4) is 0 Å². The summed E-state index contributed by atoms with van der Waals surface area (Å²) in [6.07, 6.45) is -2.35. The van der Waals surface area contributed by atoms with E-state index >= 15 is 0 Å². The number of rotatable bonds is 14. The van der Waals surface area contributed by atoms with Crippen molar-refractivity contribution in [1.29, 1.82) is 0 Å². The molecule has 0 spiro atoms. The summed E-state index contributed by atoms with van der Waals surface area (Å²) in [5.74, 6) is -1.27. The lowest BCUT2D eigenvalue weighted by Gasteiger charge is -2.28. The highest BCUT2D eigenvalue weighted by molar-refractivity contribution is 5.89. The number of carbonyl (C=O) groups is 3. The molecule has 0 aromatic rings. The van der Waals surface area contributed by atoms with Crippen molar-refractivity contribution in [1.82, 2.24) is 10.6 Å². The average molecular weight is 377 g/mol. The van der Waals surface area contributed by atoms with Crippen molar-refractivity contribution in [3.63, 3.8) is 0 Å². The highest BCUT2D eigenvalue weighted by Gasteiger charge is 2.35. The van der Waals surface area contributed by atoms with Gasteiger partial charge in [-0.2, -0.15) is 0 Å². The summed E-state index contributed by atoms with van der Waals surface area (Å²) >= 11 is 0. The topological polar surface area (TPSA) is 182 Å². The van der Waals surface area contributed by atoms with Gasteiger partial charge in [0.25, 0.3) is 0 Å². The fourth-order valence-electron chi connectivity index (χ4n) is 2.34. The predicted molar refractivity (Wildman–Crippen MR) is 92.9 cm³/mol. The van der Waals surface area contributed by atoms with Crippen molar-refractivity contribution in [2.45, 2.75) is 63.4 Å². The van der Waals surface area contributed by atoms with Gasteiger partial charge in [-0.15, -0.1) is 0 Å². The van der Waals surface area contributed by atoms with Crippen molar-refractivity contribution in [3.05, 3.63) is 0 Å². The molecule has 0 radical (unpaired) electrons. The Morgan fingerprint density at radius 2 is 1.62 bits per heavy atom. The van der Waals surface area contributed by atoms with E-state index in [2.05, 4.69) is 10.6 Å². The van der Waals surface area contributed by atoms with E-state index in [0.717, 1.165) is 19.8 Å². The molecule has 0 fully saturated rings. The molecule has 0 saturated carbocycles. The molecule has 0 unspecified atom stereocenters. The molecule has 0 rings (SSSR count). The fraction of sp³-hybridized carbons (Fsp3) is 0.812. The average Bonchev–Trinajstić information content (AvgIpc) is 2.62. The highest BCUT2D eigenvalue weighted by Crippen LogP contribution is 2.11. The van der Waals surface area contributed by atoms with Gasteiger partial charge in [0.05, 0.1) is 13.2 Å². The molecule has 152 valence electrons. The smallest absolute Gasteiger partial charge is 0.233 e. The molecule has 0 saturated heterocycles. The van der Waals surface area contributed by atoms with Gasteiger partial charge in [-0.1, -0.05) is 12.8 Å². The maximum Gasteiger partial charge on any atom is 0.233 e. The second-order valence-corrected chi connectivity index (χ2v) is 6.09. The third-order valence-electron chi connectivity index (χ3n) is 3.84. The first kappa shape index (κ1) is 24.4. The lowest BCUT2D eigenvalue weighted by atomic mass is 9.95. The molecule has 0 aliphatic rings. The van der Waals surface area contributed by atoms with Crippen LogP contribution in [0.1, 0.15) is 39.0 Å². The molecule has 0 aromatic heterocycles. The first-order valence-electron chi connectivity index (χ1n) is 8.66. The highest BCUT2D eigenvalue weighted by atomic mass is 16.4. The Bertz CT molecular complexity index is 448. The number of hydrogen-bond donors (Lipinski definition) is 7. The Kier molecular flexibility index (Phi) is 12.8. The summed E-state index contributed by atoms with van der Waals surface area (Å²) in [6.45, 7) is 0.817. The minimum Gasteiger partial charge on any atom is -0.394 e. The number of aliphatic hydroxyl groups is 4. The molecule has 0 aromatic carbocycles. The van der Waals surface area contributed by atoms with Crippen LogP contribution in [-0.4, -0.2) is 82.1 Å². The number of nitrogens with two attached hydrogens (primary N) is 1. The van der Waals surface area contributed by atoms with Crippen LogP contribution in [0.3, 0.4) is 0 Å². The zero-order chi connectivity index (χ0) is 20.1. The molecule has 26 heavy (non-hydrogen) atoms. The molecular formula is C16H31N3O7. The summed E-state index contributed by atoms with van der Waals surface area (Å²) in [4.78, 5) is 34.4. The van der Waals surface area contributed by atoms with Crippen LogP contribution in [0.2, 0.25) is 0 Å². The van der Waals surface area contributed by atoms with E-state index in [-0.39, 0.29) is 18.9 Å². The molecule has 4 atom stereocenters. The second-order valence-electron chi connectivity index (χ2n) is 6.09. The maximum absolute atomic E-state index is 12.3. The first-order chi connectivity index (χ1) is 12.2. The maximum atomic E-state index is 12.3. The predicted octanol–water partition coefficient (Wildman–Crippen LogP) is -2.84. The zero-order valence-electron chi connectivity index (χ0n) is 15.1. The van der Waals surface area contributed by atoms with Crippen molar-refractivity contribution < 1.29 is 34.8 Å². The normalized spacial score (nSPS) is 15.6. The van der Waals surface area contributed by atoms with Crippen molar-refractivity contribution >= 4 is 17.6 Å². The van der Waals surface area contributed by atoms with Gasteiger partial charge in [-0.25, -0.2) is 0 Å². The summed E-state index contributed by atoms with van der Waals surface area (Å²) in [6, 6.07) is -1.37. The summed E-state index contributed by atoms with van der Waals surface area (Å²) in [7, 11) is 0. The number of amides is 2. The van der Waals surface area contributed by atoms with Crippen LogP contribution >= 0.6 is 0 Å². The third kappa shape index (κ3) is 9.78. The number of Topliss-reactive ketones (excluding diaryl/α,β-unsaturated/α-hetero) is 1. The molecule has 0 aliphatic carbocycles. The van der Waals surface area contributed by atoms with Crippen molar-refractivity contribution in [2.24, 2.45) is 5.73 Å². The quantitative estimate of drug-likeness (QED) is 0.158. The van der Waals surface area contributed by atoms with E-state index in [0.29, 0.717) is 19.4 Å². The van der Waals surface area contributed by atoms with Gasteiger partial charge in [0.2, 0.25) is 11.8 Å². The minimum atomic E-state index is -1.77. The second kappa shape index (κ2) is 13.6. The molecule has 10 nitrogen and oxygen atoms in total. The Morgan fingerprint density at radius 3 is 2.15 bits per heavy atom. The summed E-state index contributed by atoms with van der Waals surface area (Å²) < 4.78 is 0. The molecule has 2 amide bonds. The number of hydrogen-bond acceptors (Lipinski definition) is 8.